The Labute approximate surface area is 88.4 Å². The summed E-state index contributed by atoms with van der Waals surface area (Å²) < 4.78 is 19.5. The molecule has 0 N–H and O–H groups in total. The van der Waals surface area contributed by atoms with E-state index >= 15 is 0 Å². The van der Waals surface area contributed by atoms with E-state index in [0.717, 1.165) is 0 Å². The summed E-state index contributed by atoms with van der Waals surface area (Å²) in [6, 6.07) is 0. The molecular weight excluding hydrogens is 204 g/mol. The van der Waals surface area contributed by atoms with Gasteiger partial charge in [0.2, 0.25) is 5.79 Å². The normalized spacial score (nSPS) is 10.9. The molecule has 0 saturated heterocycles. The molecule has 0 atom stereocenters. The van der Waals surface area contributed by atoms with E-state index in [4.69, 9.17) is 18.9 Å². The summed E-state index contributed by atoms with van der Waals surface area (Å²) in [6.07, 6.45) is 0. The molecule has 0 aromatic carbocycles. The summed E-state index contributed by atoms with van der Waals surface area (Å²) in [5.41, 5.74) is 0. The summed E-state index contributed by atoms with van der Waals surface area (Å²) in [7, 11) is 2.74. The third kappa shape index (κ3) is 5.34. The molecule has 6 nitrogen and oxygen atoms in total. The zero-order valence-electron chi connectivity index (χ0n) is 9.36. The maximum Gasteiger partial charge on any atom is 0.302 e. The number of hydrogen-bond donors (Lipinski definition) is 0. The van der Waals surface area contributed by atoms with E-state index in [1.165, 1.54) is 28.1 Å². The molecule has 0 saturated carbocycles. The molecule has 0 bridgehead atoms. The summed E-state index contributed by atoms with van der Waals surface area (Å²) in [5.74, 6) is -2.16. The highest BCUT2D eigenvalue weighted by atomic mass is 16.7. The van der Waals surface area contributed by atoms with Crippen molar-refractivity contribution in [2.75, 3.05) is 27.4 Å². The Kier molecular flexibility index (Phi) is 5.88. The fraction of sp³-hybridized carbons (Fsp3) is 0.778. The monoisotopic (exact) mass is 220 g/mol. The number of hydrogen-bond acceptors (Lipinski definition) is 6. The number of ether oxygens (including phenoxy) is 4. The minimum atomic E-state index is -1.24. The number of esters is 2. The minimum Gasteiger partial charge on any atom is -0.460 e. The van der Waals surface area contributed by atoms with E-state index < -0.39 is 17.7 Å². The van der Waals surface area contributed by atoms with Crippen molar-refractivity contribution in [3.05, 3.63) is 0 Å². The summed E-state index contributed by atoms with van der Waals surface area (Å²) in [5, 5.41) is 0. The molecule has 0 fully saturated rings. The van der Waals surface area contributed by atoms with Gasteiger partial charge in [-0.15, -0.1) is 0 Å². The number of rotatable bonds is 6. The lowest BCUT2D eigenvalue weighted by Gasteiger charge is -2.29. The average Bonchev–Trinajstić information content (AvgIpc) is 2.19. The Bertz CT molecular complexity index is 201. The summed E-state index contributed by atoms with van der Waals surface area (Å²) >= 11 is 0. The lowest BCUT2D eigenvalue weighted by atomic mass is 10.3. The van der Waals surface area contributed by atoms with Gasteiger partial charge in [-0.1, -0.05) is 0 Å². The predicted molar refractivity (Wildman–Crippen MR) is 50.0 cm³/mol. The van der Waals surface area contributed by atoms with Crippen LogP contribution in [-0.2, 0) is 28.5 Å². The second kappa shape index (κ2) is 6.36. The molecule has 0 aliphatic carbocycles. The first-order chi connectivity index (χ1) is 6.95. The van der Waals surface area contributed by atoms with E-state index in [1.807, 2.05) is 0 Å². The van der Waals surface area contributed by atoms with Crippen LogP contribution in [0.1, 0.15) is 13.8 Å². The Morgan fingerprint density at radius 3 is 1.47 bits per heavy atom. The third-order valence-corrected chi connectivity index (χ3v) is 1.73. The van der Waals surface area contributed by atoms with Gasteiger partial charge in [0, 0.05) is 28.1 Å². The van der Waals surface area contributed by atoms with E-state index in [1.54, 1.807) is 0 Å². The van der Waals surface area contributed by atoms with Gasteiger partial charge < -0.3 is 18.9 Å². The molecule has 88 valence electrons. The number of carbonyl (C=O) groups is 2. The second-order valence-corrected chi connectivity index (χ2v) is 2.88. The third-order valence-electron chi connectivity index (χ3n) is 1.73. The summed E-state index contributed by atoms with van der Waals surface area (Å²) in [6.45, 7) is 2.26. The van der Waals surface area contributed by atoms with E-state index in [0.29, 0.717) is 0 Å². The van der Waals surface area contributed by atoms with Crippen molar-refractivity contribution < 1.29 is 28.5 Å². The molecule has 0 aliphatic heterocycles. The van der Waals surface area contributed by atoms with Crippen molar-refractivity contribution >= 4 is 11.9 Å². The average molecular weight is 220 g/mol. The van der Waals surface area contributed by atoms with Gasteiger partial charge in [-0.3, -0.25) is 9.59 Å². The second-order valence-electron chi connectivity index (χ2n) is 2.88. The van der Waals surface area contributed by atoms with Crippen LogP contribution in [-0.4, -0.2) is 45.2 Å². The SMILES string of the molecule is COC(COC(C)=O)(COC(C)=O)OC. The maximum absolute atomic E-state index is 10.6. The number of carbonyl (C=O) groups excluding carboxylic acids is 2. The zero-order chi connectivity index (χ0) is 11.9. The van der Waals surface area contributed by atoms with Gasteiger partial charge in [0.15, 0.2) is 0 Å². The molecule has 0 aliphatic rings. The minimum absolute atomic E-state index is 0.136. The van der Waals surface area contributed by atoms with Crippen molar-refractivity contribution in [3.63, 3.8) is 0 Å². The van der Waals surface area contributed by atoms with Gasteiger partial charge >= 0.3 is 11.9 Å². The van der Waals surface area contributed by atoms with Gasteiger partial charge in [-0.25, -0.2) is 0 Å². The van der Waals surface area contributed by atoms with Gasteiger partial charge in [-0.2, -0.15) is 0 Å². The molecule has 0 aromatic heterocycles. The van der Waals surface area contributed by atoms with Crippen LogP contribution in [0.4, 0.5) is 0 Å². The Morgan fingerprint density at radius 1 is 0.933 bits per heavy atom. The van der Waals surface area contributed by atoms with Crippen molar-refractivity contribution in [2.45, 2.75) is 19.6 Å². The molecule has 0 aromatic rings. The molecule has 0 amide bonds. The molecule has 0 heterocycles. The van der Waals surface area contributed by atoms with Crippen LogP contribution in [0.15, 0.2) is 0 Å². The molecule has 15 heavy (non-hydrogen) atoms. The highest BCUT2D eigenvalue weighted by Gasteiger charge is 2.33. The molecule has 0 unspecified atom stereocenters. The largest absolute Gasteiger partial charge is 0.460 e. The standard InChI is InChI=1S/C9H16O6/c1-7(10)14-5-9(12-3,13-4)6-15-8(2)11/h5-6H2,1-4H3. The van der Waals surface area contributed by atoms with Crippen molar-refractivity contribution in [2.24, 2.45) is 0 Å². The fourth-order valence-electron chi connectivity index (χ4n) is 0.784. The smallest absolute Gasteiger partial charge is 0.302 e. The van der Waals surface area contributed by atoms with Crippen LogP contribution in [0.5, 0.6) is 0 Å². The van der Waals surface area contributed by atoms with Crippen molar-refractivity contribution in [1.82, 2.24) is 0 Å². The lowest BCUT2D eigenvalue weighted by Crippen LogP contribution is -2.44. The molecule has 0 radical (unpaired) electrons. The topological polar surface area (TPSA) is 71.1 Å². The van der Waals surface area contributed by atoms with Gasteiger partial charge in [-0.05, 0) is 0 Å². The maximum atomic E-state index is 10.6. The first-order valence-electron chi connectivity index (χ1n) is 4.33. The van der Waals surface area contributed by atoms with Crippen molar-refractivity contribution in [3.8, 4) is 0 Å². The van der Waals surface area contributed by atoms with Crippen LogP contribution in [0.3, 0.4) is 0 Å². The number of methoxy groups -OCH3 is 2. The van der Waals surface area contributed by atoms with Crippen LogP contribution in [0, 0.1) is 0 Å². The van der Waals surface area contributed by atoms with E-state index in [9.17, 15) is 9.59 Å². The van der Waals surface area contributed by atoms with Crippen LogP contribution < -0.4 is 0 Å². The quantitative estimate of drug-likeness (QED) is 0.467. The van der Waals surface area contributed by atoms with Gasteiger partial charge in [0.1, 0.15) is 13.2 Å². The zero-order valence-corrected chi connectivity index (χ0v) is 9.36. The highest BCUT2D eigenvalue weighted by Crippen LogP contribution is 2.12. The van der Waals surface area contributed by atoms with Crippen LogP contribution >= 0.6 is 0 Å². The van der Waals surface area contributed by atoms with Crippen molar-refractivity contribution in [1.29, 1.82) is 0 Å². The highest BCUT2D eigenvalue weighted by molar-refractivity contribution is 5.66. The van der Waals surface area contributed by atoms with E-state index in [2.05, 4.69) is 0 Å². The fourth-order valence-corrected chi connectivity index (χ4v) is 0.784. The molecule has 0 spiro atoms. The van der Waals surface area contributed by atoms with E-state index in [-0.39, 0.29) is 13.2 Å². The van der Waals surface area contributed by atoms with Gasteiger partial charge in [0.25, 0.3) is 0 Å². The Balaban J connectivity index is 4.29. The molecule has 0 rings (SSSR count). The van der Waals surface area contributed by atoms with Crippen LogP contribution in [0.2, 0.25) is 0 Å². The molecular formula is C9H16O6. The van der Waals surface area contributed by atoms with Gasteiger partial charge in [0.05, 0.1) is 0 Å². The predicted octanol–water partition coefficient (Wildman–Crippen LogP) is 0.102. The lowest BCUT2D eigenvalue weighted by molar-refractivity contribution is -0.253. The summed E-state index contributed by atoms with van der Waals surface area (Å²) in [4.78, 5) is 21.2. The Morgan fingerprint density at radius 2 is 1.27 bits per heavy atom. The first kappa shape index (κ1) is 13.9. The molecule has 6 heteroatoms. The Hall–Kier alpha value is -1.14. The first-order valence-corrected chi connectivity index (χ1v) is 4.33. The van der Waals surface area contributed by atoms with Crippen LogP contribution in [0.25, 0.3) is 0 Å².